The summed E-state index contributed by atoms with van der Waals surface area (Å²) >= 11 is 0. The van der Waals surface area contributed by atoms with Crippen molar-refractivity contribution in [2.75, 3.05) is 0 Å². The molecule has 0 saturated heterocycles. The van der Waals surface area contributed by atoms with Crippen molar-refractivity contribution in [2.24, 2.45) is 0 Å². The summed E-state index contributed by atoms with van der Waals surface area (Å²) in [6.45, 7) is 2.22. The fourth-order valence-corrected chi connectivity index (χ4v) is 2.14. The molecule has 14 heavy (non-hydrogen) atoms. The number of hydrogen-bond acceptors (Lipinski definition) is 2. The van der Waals surface area contributed by atoms with Gasteiger partial charge in [0, 0.05) is 5.54 Å². The molecule has 76 valence electrons. The van der Waals surface area contributed by atoms with Gasteiger partial charge in [-0.3, -0.25) is 5.32 Å². The first-order chi connectivity index (χ1) is 6.70. The van der Waals surface area contributed by atoms with Gasteiger partial charge in [-0.25, -0.2) is 0 Å². The van der Waals surface area contributed by atoms with Crippen LogP contribution in [0.3, 0.4) is 0 Å². The Labute approximate surface area is 86.7 Å². The molecule has 1 N–H and O–H groups in total. The summed E-state index contributed by atoms with van der Waals surface area (Å²) in [5.74, 6) is 2.64. The molecule has 0 aromatic heterocycles. The normalized spacial score (nSPS) is 21.9. The lowest BCUT2D eigenvalue weighted by atomic mass is 9.82. The molecule has 1 unspecified atom stereocenters. The molecule has 0 aromatic rings. The van der Waals surface area contributed by atoms with E-state index in [1.165, 1.54) is 32.1 Å². The third kappa shape index (κ3) is 3.05. The molecule has 0 aromatic carbocycles. The fraction of sp³-hybridized carbons (Fsp3) is 0.750. The second-order valence-electron chi connectivity index (χ2n) is 4.35. The van der Waals surface area contributed by atoms with Crippen LogP contribution >= 0.6 is 0 Å². The van der Waals surface area contributed by atoms with Gasteiger partial charge in [-0.15, -0.1) is 6.42 Å². The van der Waals surface area contributed by atoms with Crippen molar-refractivity contribution in [2.45, 2.75) is 57.0 Å². The van der Waals surface area contributed by atoms with E-state index < -0.39 is 0 Å². The number of nitriles is 1. The molecular formula is C12H18N2. The van der Waals surface area contributed by atoms with Crippen molar-refractivity contribution in [1.82, 2.24) is 5.32 Å². The number of terminal acetylenes is 1. The molecule has 1 saturated carbocycles. The number of hydrogen-bond donors (Lipinski definition) is 1. The van der Waals surface area contributed by atoms with Gasteiger partial charge in [-0.2, -0.15) is 5.26 Å². The highest BCUT2D eigenvalue weighted by molar-refractivity contribution is 5.06. The van der Waals surface area contributed by atoms with Gasteiger partial charge in [0.2, 0.25) is 0 Å². The summed E-state index contributed by atoms with van der Waals surface area (Å²) in [7, 11) is 0. The lowest BCUT2D eigenvalue weighted by Gasteiger charge is -2.36. The highest BCUT2D eigenvalue weighted by atomic mass is 15.0. The Morgan fingerprint density at radius 3 is 2.57 bits per heavy atom. The fourth-order valence-electron chi connectivity index (χ4n) is 2.14. The summed E-state index contributed by atoms with van der Waals surface area (Å²) in [5, 5.41) is 12.0. The first-order valence-electron chi connectivity index (χ1n) is 5.31. The predicted molar refractivity (Wildman–Crippen MR) is 57.5 cm³/mol. The van der Waals surface area contributed by atoms with Crippen molar-refractivity contribution < 1.29 is 0 Å². The first kappa shape index (κ1) is 11.1. The Hall–Kier alpha value is -0.990. The maximum Gasteiger partial charge on any atom is 0.0822 e. The standard InChI is InChI=1S/C12H18N2/c1-3-11(7-10-13)14-12(2)8-5-4-6-9-12/h1,11,14H,4-9H2,2H3. The average molecular weight is 190 g/mol. The van der Waals surface area contributed by atoms with Crippen molar-refractivity contribution in [3.63, 3.8) is 0 Å². The van der Waals surface area contributed by atoms with Gasteiger partial charge in [-0.1, -0.05) is 25.2 Å². The second kappa shape index (κ2) is 5.03. The van der Waals surface area contributed by atoms with Gasteiger partial charge < -0.3 is 0 Å². The zero-order valence-corrected chi connectivity index (χ0v) is 8.84. The number of nitrogens with one attached hydrogen (secondary N) is 1. The highest BCUT2D eigenvalue weighted by Gasteiger charge is 2.28. The summed E-state index contributed by atoms with van der Waals surface area (Å²) in [6, 6.07) is 2.04. The van der Waals surface area contributed by atoms with Gasteiger partial charge in [-0.05, 0) is 19.8 Å². The Morgan fingerprint density at radius 1 is 1.43 bits per heavy atom. The minimum Gasteiger partial charge on any atom is -0.298 e. The molecule has 1 aliphatic carbocycles. The number of nitrogens with zero attached hydrogens (tertiary/aromatic N) is 1. The van der Waals surface area contributed by atoms with E-state index in [9.17, 15) is 0 Å². The molecule has 1 atom stereocenters. The van der Waals surface area contributed by atoms with E-state index in [-0.39, 0.29) is 11.6 Å². The first-order valence-corrected chi connectivity index (χ1v) is 5.31. The van der Waals surface area contributed by atoms with Crippen LogP contribution in [0.5, 0.6) is 0 Å². The Kier molecular flexibility index (Phi) is 3.98. The van der Waals surface area contributed by atoms with Crippen LogP contribution in [0.4, 0.5) is 0 Å². The second-order valence-corrected chi connectivity index (χ2v) is 4.35. The summed E-state index contributed by atoms with van der Waals surface area (Å²) < 4.78 is 0. The molecule has 1 rings (SSSR count). The molecule has 0 heterocycles. The highest BCUT2D eigenvalue weighted by Crippen LogP contribution is 2.28. The zero-order chi connectivity index (χ0) is 10.4. The van der Waals surface area contributed by atoms with Crippen molar-refractivity contribution >= 4 is 0 Å². The summed E-state index contributed by atoms with van der Waals surface area (Å²) in [4.78, 5) is 0. The van der Waals surface area contributed by atoms with Crippen molar-refractivity contribution in [3.05, 3.63) is 0 Å². The topological polar surface area (TPSA) is 35.8 Å². The van der Waals surface area contributed by atoms with E-state index in [4.69, 9.17) is 11.7 Å². The molecule has 0 bridgehead atoms. The lowest BCUT2D eigenvalue weighted by molar-refractivity contribution is 0.243. The molecule has 0 amide bonds. The molecule has 1 fully saturated rings. The van der Waals surface area contributed by atoms with Crippen LogP contribution in [0.15, 0.2) is 0 Å². The Balaban J connectivity index is 2.48. The van der Waals surface area contributed by atoms with E-state index in [2.05, 4.69) is 24.2 Å². The van der Waals surface area contributed by atoms with E-state index in [1.54, 1.807) is 0 Å². The van der Waals surface area contributed by atoms with Gasteiger partial charge in [0.1, 0.15) is 0 Å². The quantitative estimate of drug-likeness (QED) is 0.693. The Bertz CT molecular complexity index is 250. The summed E-state index contributed by atoms with van der Waals surface area (Å²) in [5.41, 5.74) is 0.159. The largest absolute Gasteiger partial charge is 0.298 e. The van der Waals surface area contributed by atoms with Gasteiger partial charge >= 0.3 is 0 Å². The van der Waals surface area contributed by atoms with Gasteiger partial charge in [0.05, 0.1) is 18.5 Å². The smallest absolute Gasteiger partial charge is 0.0822 e. The zero-order valence-electron chi connectivity index (χ0n) is 8.84. The van der Waals surface area contributed by atoms with Gasteiger partial charge in [0.15, 0.2) is 0 Å². The maximum absolute atomic E-state index is 8.60. The SMILES string of the molecule is C#CC(CC#N)NC1(C)CCCCC1. The van der Waals surface area contributed by atoms with Crippen LogP contribution in [0, 0.1) is 23.7 Å². The van der Waals surface area contributed by atoms with E-state index in [1.807, 2.05) is 0 Å². The van der Waals surface area contributed by atoms with Crippen molar-refractivity contribution in [1.29, 1.82) is 5.26 Å². The Morgan fingerprint density at radius 2 is 2.07 bits per heavy atom. The third-order valence-corrected chi connectivity index (χ3v) is 2.98. The van der Waals surface area contributed by atoms with E-state index >= 15 is 0 Å². The van der Waals surface area contributed by atoms with E-state index in [0.717, 1.165) is 0 Å². The van der Waals surface area contributed by atoms with Crippen LogP contribution in [0.2, 0.25) is 0 Å². The van der Waals surface area contributed by atoms with Crippen LogP contribution in [0.1, 0.15) is 45.4 Å². The molecular weight excluding hydrogens is 172 g/mol. The summed E-state index contributed by atoms with van der Waals surface area (Å²) in [6.07, 6.45) is 12.0. The van der Waals surface area contributed by atoms with Crippen LogP contribution in [-0.2, 0) is 0 Å². The molecule has 1 aliphatic rings. The monoisotopic (exact) mass is 190 g/mol. The van der Waals surface area contributed by atoms with Gasteiger partial charge in [0.25, 0.3) is 0 Å². The van der Waals surface area contributed by atoms with Crippen LogP contribution < -0.4 is 5.32 Å². The molecule has 0 spiro atoms. The molecule has 2 nitrogen and oxygen atoms in total. The average Bonchev–Trinajstić information content (AvgIpc) is 2.18. The molecule has 0 aliphatic heterocycles. The molecule has 2 heteroatoms. The maximum atomic E-state index is 8.60. The van der Waals surface area contributed by atoms with Crippen molar-refractivity contribution in [3.8, 4) is 18.4 Å². The van der Waals surface area contributed by atoms with Crippen LogP contribution in [0.25, 0.3) is 0 Å². The van der Waals surface area contributed by atoms with Crippen LogP contribution in [-0.4, -0.2) is 11.6 Å². The third-order valence-electron chi connectivity index (χ3n) is 2.98. The lowest BCUT2D eigenvalue weighted by Crippen LogP contribution is -2.48. The number of rotatable bonds is 3. The molecule has 0 radical (unpaired) electrons. The minimum absolute atomic E-state index is 0.0805. The van der Waals surface area contributed by atoms with E-state index in [0.29, 0.717) is 6.42 Å². The predicted octanol–water partition coefficient (Wildman–Crippen LogP) is 2.21. The minimum atomic E-state index is -0.0805.